The number of carbonyl (C=O) groups excluding carboxylic acids is 2. The summed E-state index contributed by atoms with van der Waals surface area (Å²) in [4.78, 5) is 23.9. The van der Waals surface area contributed by atoms with Gasteiger partial charge in [-0.1, -0.05) is 50.0 Å². The van der Waals surface area contributed by atoms with Gasteiger partial charge in [0.15, 0.2) is 0 Å². The van der Waals surface area contributed by atoms with E-state index in [4.69, 9.17) is 0 Å². The summed E-state index contributed by atoms with van der Waals surface area (Å²) >= 11 is 0. The molecule has 4 heteroatoms. The first-order chi connectivity index (χ1) is 9.98. The molecule has 0 radical (unpaired) electrons. The molecule has 2 N–H and O–H groups in total. The fourth-order valence-corrected chi connectivity index (χ4v) is 1.87. The number of carbonyl (C=O) groups is 2. The Morgan fingerprint density at radius 2 is 2.00 bits per heavy atom. The lowest BCUT2D eigenvalue weighted by Crippen LogP contribution is -2.45. The maximum atomic E-state index is 12.0. The molecular formula is C17H26N2O2. The van der Waals surface area contributed by atoms with Crippen molar-refractivity contribution in [2.75, 3.05) is 7.05 Å². The van der Waals surface area contributed by atoms with Crippen molar-refractivity contribution in [1.82, 2.24) is 10.6 Å². The van der Waals surface area contributed by atoms with Gasteiger partial charge in [0, 0.05) is 13.5 Å². The van der Waals surface area contributed by atoms with E-state index in [0.29, 0.717) is 6.42 Å². The molecule has 0 unspecified atom stereocenters. The van der Waals surface area contributed by atoms with Crippen LogP contribution in [-0.2, 0) is 9.59 Å². The van der Waals surface area contributed by atoms with Crippen LogP contribution in [0.5, 0.6) is 0 Å². The molecule has 4 nitrogen and oxygen atoms in total. The topological polar surface area (TPSA) is 58.2 Å². The van der Waals surface area contributed by atoms with E-state index < -0.39 is 6.04 Å². The van der Waals surface area contributed by atoms with Crippen molar-refractivity contribution in [3.05, 3.63) is 48.6 Å². The number of hydrogen-bond acceptors (Lipinski definition) is 2. The van der Waals surface area contributed by atoms with E-state index in [1.54, 1.807) is 13.1 Å². The summed E-state index contributed by atoms with van der Waals surface area (Å²) < 4.78 is 0. The molecule has 0 aromatic rings. The second kappa shape index (κ2) is 10.7. The quantitative estimate of drug-likeness (QED) is 0.641. The Morgan fingerprint density at radius 1 is 1.33 bits per heavy atom. The highest BCUT2D eigenvalue weighted by molar-refractivity contribution is 5.88. The van der Waals surface area contributed by atoms with Crippen LogP contribution in [0.3, 0.4) is 0 Å². The molecule has 116 valence electrons. The molecule has 0 aliphatic heterocycles. The highest BCUT2D eigenvalue weighted by atomic mass is 16.2. The van der Waals surface area contributed by atoms with Crippen molar-refractivity contribution >= 4 is 11.8 Å². The second-order valence-corrected chi connectivity index (χ2v) is 4.66. The summed E-state index contributed by atoms with van der Waals surface area (Å²) in [5.74, 6) is -0.426. The van der Waals surface area contributed by atoms with Gasteiger partial charge in [0.2, 0.25) is 11.8 Å². The van der Waals surface area contributed by atoms with Crippen LogP contribution in [0.25, 0.3) is 0 Å². The van der Waals surface area contributed by atoms with E-state index in [-0.39, 0.29) is 18.2 Å². The fraction of sp³-hybridized carbons (Fsp3) is 0.412. The number of hydrogen-bond donors (Lipinski definition) is 2. The second-order valence-electron chi connectivity index (χ2n) is 4.66. The van der Waals surface area contributed by atoms with Crippen molar-refractivity contribution in [1.29, 1.82) is 0 Å². The van der Waals surface area contributed by atoms with Crippen LogP contribution in [0.2, 0.25) is 0 Å². The predicted molar refractivity (Wildman–Crippen MR) is 87.8 cm³/mol. The summed E-state index contributed by atoms with van der Waals surface area (Å²) in [6.07, 6.45) is 8.74. The molecule has 0 fully saturated rings. The zero-order valence-corrected chi connectivity index (χ0v) is 13.2. The Morgan fingerprint density at radius 3 is 2.48 bits per heavy atom. The molecular weight excluding hydrogens is 264 g/mol. The number of likely N-dealkylation sites (N-methyl/N-ethyl adjacent to an activating group) is 1. The monoisotopic (exact) mass is 290 g/mol. The first-order valence-corrected chi connectivity index (χ1v) is 7.11. The first-order valence-electron chi connectivity index (χ1n) is 7.11. The lowest BCUT2D eigenvalue weighted by molar-refractivity contribution is -0.128. The summed E-state index contributed by atoms with van der Waals surface area (Å²) in [5, 5.41) is 5.30. The van der Waals surface area contributed by atoms with Gasteiger partial charge in [-0.3, -0.25) is 9.59 Å². The van der Waals surface area contributed by atoms with Crippen molar-refractivity contribution in [3.8, 4) is 0 Å². The zero-order chi connectivity index (χ0) is 16.3. The number of allylic oxidation sites excluding steroid dienone is 4. The Bertz CT molecular complexity index is 448. The van der Waals surface area contributed by atoms with Gasteiger partial charge in [-0.15, -0.1) is 0 Å². The molecule has 0 aliphatic carbocycles. The summed E-state index contributed by atoms with van der Waals surface area (Å²) in [7, 11) is 1.55. The van der Waals surface area contributed by atoms with Crippen LogP contribution in [0.1, 0.15) is 33.1 Å². The van der Waals surface area contributed by atoms with E-state index in [1.807, 2.05) is 32.1 Å². The molecule has 2 amide bonds. The lowest BCUT2D eigenvalue weighted by Gasteiger charge is -2.17. The molecule has 0 aliphatic rings. The molecule has 0 aromatic heterocycles. The van der Waals surface area contributed by atoms with Crippen LogP contribution in [0, 0.1) is 0 Å². The normalized spacial score (nSPS) is 12.8. The van der Waals surface area contributed by atoms with Gasteiger partial charge in [0.1, 0.15) is 6.04 Å². The fourth-order valence-electron chi connectivity index (χ4n) is 1.87. The molecule has 21 heavy (non-hydrogen) atoms. The lowest BCUT2D eigenvalue weighted by atomic mass is 10.1. The van der Waals surface area contributed by atoms with E-state index in [2.05, 4.69) is 23.8 Å². The Labute approximate surface area is 127 Å². The van der Waals surface area contributed by atoms with Gasteiger partial charge in [-0.25, -0.2) is 0 Å². The van der Waals surface area contributed by atoms with Gasteiger partial charge in [0.25, 0.3) is 0 Å². The Balaban J connectivity index is 4.77. The average Bonchev–Trinajstić information content (AvgIpc) is 2.45. The first kappa shape index (κ1) is 18.9. The largest absolute Gasteiger partial charge is 0.357 e. The van der Waals surface area contributed by atoms with Gasteiger partial charge < -0.3 is 10.6 Å². The minimum absolute atomic E-state index is 0.198. The zero-order valence-electron chi connectivity index (χ0n) is 13.2. The molecule has 0 bridgehead atoms. The predicted octanol–water partition coefficient (Wildman–Crippen LogP) is 2.65. The smallest absolute Gasteiger partial charge is 0.242 e. The van der Waals surface area contributed by atoms with Crippen molar-refractivity contribution in [2.24, 2.45) is 0 Å². The molecule has 0 saturated heterocycles. The Hall–Kier alpha value is -2.10. The highest BCUT2D eigenvalue weighted by Gasteiger charge is 2.20. The van der Waals surface area contributed by atoms with Crippen molar-refractivity contribution < 1.29 is 9.59 Å². The molecule has 1 atom stereocenters. The van der Waals surface area contributed by atoms with Crippen LogP contribution in [0.4, 0.5) is 0 Å². The summed E-state index contributed by atoms with van der Waals surface area (Å²) in [6, 6.07) is -0.612. The molecule has 0 spiro atoms. The molecule has 0 aromatic carbocycles. The van der Waals surface area contributed by atoms with Gasteiger partial charge in [-0.05, 0) is 18.9 Å². The highest BCUT2D eigenvalue weighted by Crippen LogP contribution is 2.08. The van der Waals surface area contributed by atoms with Crippen molar-refractivity contribution in [3.63, 3.8) is 0 Å². The molecule has 0 saturated carbocycles. The summed E-state index contributed by atoms with van der Waals surface area (Å²) in [6.45, 7) is 11.4. The van der Waals surface area contributed by atoms with E-state index in [9.17, 15) is 9.59 Å². The van der Waals surface area contributed by atoms with E-state index >= 15 is 0 Å². The minimum atomic E-state index is -0.612. The van der Waals surface area contributed by atoms with Crippen LogP contribution < -0.4 is 10.6 Å². The molecule has 0 heterocycles. The summed E-state index contributed by atoms with van der Waals surface area (Å²) in [5.41, 5.74) is 1.65. The number of rotatable bonds is 9. The Kier molecular flexibility index (Phi) is 9.59. The van der Waals surface area contributed by atoms with Crippen LogP contribution in [0.15, 0.2) is 48.6 Å². The van der Waals surface area contributed by atoms with Gasteiger partial charge in [0.05, 0.1) is 6.42 Å². The van der Waals surface area contributed by atoms with E-state index in [0.717, 1.165) is 17.6 Å². The molecule has 0 rings (SSSR count). The standard InChI is InChI=1S/C17H26N2O2/c1-6-9-13(4)11-15(17(21)18-5)19-16(20)12-14(8-3)10-7-2/h6,8-10,15H,3-4,7,11-12H2,1-2,5H3,(H,18,21)(H,19,20)/b9-6-,14-10+/t15-/m0/s1. The SMILES string of the molecule is C=C/C(=C\CC)CC(=O)N[C@@H](CC(=C)/C=C\C)C(=O)NC. The van der Waals surface area contributed by atoms with Crippen LogP contribution in [-0.4, -0.2) is 24.9 Å². The van der Waals surface area contributed by atoms with Gasteiger partial charge in [-0.2, -0.15) is 0 Å². The third kappa shape index (κ3) is 7.92. The maximum Gasteiger partial charge on any atom is 0.242 e. The van der Waals surface area contributed by atoms with E-state index in [1.165, 1.54) is 0 Å². The van der Waals surface area contributed by atoms with Crippen LogP contribution >= 0.6 is 0 Å². The average molecular weight is 290 g/mol. The third-order valence-corrected chi connectivity index (χ3v) is 2.86. The minimum Gasteiger partial charge on any atom is -0.357 e. The number of amides is 2. The van der Waals surface area contributed by atoms with Crippen molar-refractivity contribution in [2.45, 2.75) is 39.2 Å². The maximum absolute atomic E-state index is 12.0. The number of nitrogens with one attached hydrogen (secondary N) is 2. The third-order valence-electron chi connectivity index (χ3n) is 2.86. The van der Waals surface area contributed by atoms with Gasteiger partial charge >= 0.3 is 0 Å².